The Morgan fingerprint density at radius 2 is 2.00 bits per heavy atom. The number of hydrogen-bond donors (Lipinski definition) is 1. The lowest BCUT2D eigenvalue weighted by Gasteiger charge is -2.12. The lowest BCUT2D eigenvalue weighted by Crippen LogP contribution is -2.33. The third-order valence-electron chi connectivity index (χ3n) is 1.92. The van der Waals surface area contributed by atoms with Gasteiger partial charge in [-0.05, 0) is 24.6 Å². The van der Waals surface area contributed by atoms with E-state index in [-0.39, 0.29) is 6.04 Å². The van der Waals surface area contributed by atoms with Crippen molar-refractivity contribution in [3.8, 4) is 0 Å². The Morgan fingerprint density at radius 3 is 2.53 bits per heavy atom. The van der Waals surface area contributed by atoms with Crippen LogP contribution in [0.4, 0.5) is 0 Å². The summed E-state index contributed by atoms with van der Waals surface area (Å²) in [7, 11) is 1.17. The molecule has 0 spiro atoms. The van der Waals surface area contributed by atoms with E-state index in [0.29, 0.717) is 0 Å². The average Bonchev–Trinajstić information content (AvgIpc) is 2.29. The van der Waals surface area contributed by atoms with Crippen LogP contribution in [0.5, 0.6) is 0 Å². The maximum absolute atomic E-state index is 11.2. The molecular formula is C10H12N2O3. The van der Waals surface area contributed by atoms with Crippen LogP contribution in [0.15, 0.2) is 24.5 Å². The summed E-state index contributed by atoms with van der Waals surface area (Å²) in [6, 6.07) is 3.28. The van der Waals surface area contributed by atoms with Gasteiger partial charge in [0.05, 0.1) is 13.2 Å². The Hall–Kier alpha value is -1.91. The summed E-state index contributed by atoms with van der Waals surface area (Å²) in [5, 5.41) is 2.51. The zero-order valence-electron chi connectivity index (χ0n) is 8.56. The number of aromatic nitrogens is 1. The highest BCUT2D eigenvalue weighted by atomic mass is 16.5. The summed E-state index contributed by atoms with van der Waals surface area (Å²) in [6.45, 7) is 1.77. The largest absolute Gasteiger partial charge is 0.462 e. The van der Waals surface area contributed by atoms with Crippen molar-refractivity contribution in [2.45, 2.75) is 13.0 Å². The summed E-state index contributed by atoms with van der Waals surface area (Å²) < 4.78 is 4.29. The van der Waals surface area contributed by atoms with Crippen LogP contribution in [0.3, 0.4) is 0 Å². The molecule has 15 heavy (non-hydrogen) atoms. The first kappa shape index (κ1) is 11.2. The first-order valence-corrected chi connectivity index (χ1v) is 4.44. The predicted octanol–water partition coefficient (Wildman–Crippen LogP) is 0.432. The number of nitrogens with zero attached hydrogens (tertiary/aromatic N) is 1. The molecule has 1 aromatic heterocycles. The fourth-order valence-electron chi connectivity index (χ4n) is 1.08. The summed E-state index contributed by atoms with van der Waals surface area (Å²) in [4.78, 5) is 25.8. The number of amides is 1. The van der Waals surface area contributed by atoms with E-state index in [2.05, 4.69) is 15.0 Å². The van der Waals surface area contributed by atoms with E-state index >= 15 is 0 Å². The van der Waals surface area contributed by atoms with Gasteiger partial charge in [-0.1, -0.05) is 0 Å². The van der Waals surface area contributed by atoms with E-state index in [9.17, 15) is 9.59 Å². The number of ether oxygens (including phenoxy) is 1. The second kappa shape index (κ2) is 5.09. The van der Waals surface area contributed by atoms with Crippen LogP contribution in [0.2, 0.25) is 0 Å². The highest BCUT2D eigenvalue weighted by Crippen LogP contribution is 2.09. The van der Waals surface area contributed by atoms with Gasteiger partial charge in [-0.3, -0.25) is 9.78 Å². The Balaban J connectivity index is 2.60. The van der Waals surface area contributed by atoms with Crippen molar-refractivity contribution < 1.29 is 14.3 Å². The zero-order chi connectivity index (χ0) is 11.3. The number of esters is 1. The monoisotopic (exact) mass is 208 g/mol. The number of nitrogens with one attached hydrogen (secondary N) is 1. The highest BCUT2D eigenvalue weighted by molar-refractivity contribution is 6.32. The van der Waals surface area contributed by atoms with Gasteiger partial charge in [0.2, 0.25) is 0 Å². The molecule has 0 aliphatic rings. The quantitative estimate of drug-likeness (QED) is 0.565. The Labute approximate surface area is 87.5 Å². The molecular weight excluding hydrogens is 196 g/mol. The fourth-order valence-corrected chi connectivity index (χ4v) is 1.08. The smallest absolute Gasteiger partial charge is 0.396 e. The second-order valence-corrected chi connectivity index (χ2v) is 2.97. The number of methoxy groups -OCH3 is 1. The molecule has 0 radical (unpaired) electrons. The van der Waals surface area contributed by atoms with Crippen LogP contribution in [0.25, 0.3) is 0 Å². The molecule has 1 atom stereocenters. The van der Waals surface area contributed by atoms with Crippen molar-refractivity contribution in [2.75, 3.05) is 7.11 Å². The number of pyridine rings is 1. The molecule has 0 fully saturated rings. The molecule has 0 aliphatic carbocycles. The molecule has 1 aromatic rings. The predicted molar refractivity (Wildman–Crippen MR) is 52.8 cm³/mol. The SMILES string of the molecule is COC(=O)C(=O)NC(C)c1ccncc1. The van der Waals surface area contributed by atoms with E-state index < -0.39 is 11.9 Å². The maximum atomic E-state index is 11.2. The molecule has 1 amide bonds. The van der Waals surface area contributed by atoms with Crippen LogP contribution in [-0.2, 0) is 14.3 Å². The summed E-state index contributed by atoms with van der Waals surface area (Å²) >= 11 is 0. The van der Waals surface area contributed by atoms with Crippen molar-refractivity contribution in [1.82, 2.24) is 10.3 Å². The van der Waals surface area contributed by atoms with E-state index in [4.69, 9.17) is 0 Å². The van der Waals surface area contributed by atoms with Gasteiger partial charge in [-0.2, -0.15) is 0 Å². The van der Waals surface area contributed by atoms with E-state index in [1.807, 2.05) is 0 Å². The first-order valence-electron chi connectivity index (χ1n) is 4.44. The molecule has 1 unspecified atom stereocenters. The second-order valence-electron chi connectivity index (χ2n) is 2.97. The van der Waals surface area contributed by atoms with Gasteiger partial charge in [-0.15, -0.1) is 0 Å². The summed E-state index contributed by atoms with van der Waals surface area (Å²) in [5.74, 6) is -1.64. The van der Waals surface area contributed by atoms with Gasteiger partial charge >= 0.3 is 11.9 Å². The average molecular weight is 208 g/mol. The molecule has 0 bridgehead atoms. The number of rotatable bonds is 2. The van der Waals surface area contributed by atoms with E-state index in [0.717, 1.165) is 5.56 Å². The summed E-state index contributed by atoms with van der Waals surface area (Å²) in [6.07, 6.45) is 3.24. The van der Waals surface area contributed by atoms with Gasteiger partial charge < -0.3 is 10.1 Å². The van der Waals surface area contributed by atoms with Crippen LogP contribution < -0.4 is 5.32 Å². The lowest BCUT2D eigenvalue weighted by atomic mass is 10.1. The van der Waals surface area contributed by atoms with Crippen LogP contribution in [0, 0.1) is 0 Å². The van der Waals surface area contributed by atoms with Gasteiger partial charge in [0.15, 0.2) is 0 Å². The van der Waals surface area contributed by atoms with Crippen molar-refractivity contribution in [3.63, 3.8) is 0 Å². The van der Waals surface area contributed by atoms with E-state index in [1.165, 1.54) is 7.11 Å². The Morgan fingerprint density at radius 1 is 1.40 bits per heavy atom. The number of carbonyl (C=O) groups excluding carboxylic acids is 2. The molecule has 1 rings (SSSR count). The number of carbonyl (C=O) groups is 2. The van der Waals surface area contributed by atoms with Crippen molar-refractivity contribution in [3.05, 3.63) is 30.1 Å². The van der Waals surface area contributed by atoms with Gasteiger partial charge in [0.25, 0.3) is 0 Å². The minimum absolute atomic E-state index is 0.250. The molecule has 80 valence electrons. The van der Waals surface area contributed by atoms with Crippen molar-refractivity contribution >= 4 is 11.9 Å². The topological polar surface area (TPSA) is 68.3 Å². The van der Waals surface area contributed by atoms with Gasteiger partial charge in [0, 0.05) is 12.4 Å². The molecule has 5 heteroatoms. The molecule has 1 heterocycles. The van der Waals surface area contributed by atoms with E-state index in [1.54, 1.807) is 31.5 Å². The maximum Gasteiger partial charge on any atom is 0.396 e. The fraction of sp³-hybridized carbons (Fsp3) is 0.300. The molecule has 0 saturated heterocycles. The standard InChI is InChI=1S/C10H12N2O3/c1-7(8-3-5-11-6-4-8)12-9(13)10(14)15-2/h3-7H,1-2H3,(H,12,13). The minimum Gasteiger partial charge on any atom is -0.462 e. The lowest BCUT2D eigenvalue weighted by molar-refractivity contribution is -0.153. The first-order chi connectivity index (χ1) is 7.15. The van der Waals surface area contributed by atoms with Gasteiger partial charge in [-0.25, -0.2) is 4.79 Å². The third-order valence-corrected chi connectivity index (χ3v) is 1.92. The Bertz CT molecular complexity index is 351. The minimum atomic E-state index is -0.893. The molecule has 1 N–H and O–H groups in total. The Kier molecular flexibility index (Phi) is 3.79. The van der Waals surface area contributed by atoms with Gasteiger partial charge in [0.1, 0.15) is 0 Å². The van der Waals surface area contributed by atoms with Crippen molar-refractivity contribution in [2.24, 2.45) is 0 Å². The molecule has 5 nitrogen and oxygen atoms in total. The highest BCUT2D eigenvalue weighted by Gasteiger charge is 2.16. The molecule has 0 aliphatic heterocycles. The van der Waals surface area contributed by atoms with Crippen LogP contribution >= 0.6 is 0 Å². The molecule has 0 aromatic carbocycles. The van der Waals surface area contributed by atoms with Crippen molar-refractivity contribution in [1.29, 1.82) is 0 Å². The third kappa shape index (κ3) is 3.05. The summed E-state index contributed by atoms with van der Waals surface area (Å²) in [5.41, 5.74) is 0.877. The normalized spacial score (nSPS) is 11.6. The molecule has 0 saturated carbocycles. The zero-order valence-corrected chi connectivity index (χ0v) is 8.56. The van der Waals surface area contributed by atoms with Crippen LogP contribution in [0.1, 0.15) is 18.5 Å². The van der Waals surface area contributed by atoms with Crippen LogP contribution in [-0.4, -0.2) is 24.0 Å². The number of hydrogen-bond acceptors (Lipinski definition) is 4.